The molecule has 3 aromatic rings. The molecule has 3 rings (SSSR count). The fourth-order valence-electron chi connectivity index (χ4n) is 2.72. The Kier molecular flexibility index (Phi) is 5.71. The van der Waals surface area contributed by atoms with Crippen LogP contribution in [0.25, 0.3) is 0 Å². The summed E-state index contributed by atoms with van der Waals surface area (Å²) in [7, 11) is 3.26. The van der Waals surface area contributed by atoms with Crippen LogP contribution < -0.4 is 10.5 Å². The Bertz CT molecular complexity index is 963. The summed E-state index contributed by atoms with van der Waals surface area (Å²) in [6.07, 6.45) is 0.397. The fraction of sp³-hybridized carbons (Fsp3) is 0.250. The summed E-state index contributed by atoms with van der Waals surface area (Å²) in [5.74, 6) is 0.106. The molecule has 7 heteroatoms. The molecule has 1 aromatic heterocycles. The maximum Gasteiger partial charge on any atom is 0.437 e. The van der Waals surface area contributed by atoms with Gasteiger partial charge in [-0.15, -0.1) is 5.10 Å². The third-order valence-corrected chi connectivity index (χ3v) is 4.16. The molecule has 1 amide bonds. The highest BCUT2D eigenvalue weighted by molar-refractivity contribution is 5.75. The zero-order valence-electron chi connectivity index (χ0n) is 15.3. The molecule has 0 saturated carbocycles. The third-order valence-electron chi connectivity index (χ3n) is 4.16. The van der Waals surface area contributed by atoms with Gasteiger partial charge >= 0.3 is 5.76 Å². The van der Waals surface area contributed by atoms with Gasteiger partial charge < -0.3 is 14.1 Å². The first-order valence-electron chi connectivity index (χ1n) is 8.53. The summed E-state index contributed by atoms with van der Waals surface area (Å²) >= 11 is 0. The van der Waals surface area contributed by atoms with Gasteiger partial charge in [-0.1, -0.05) is 48.5 Å². The number of rotatable bonds is 7. The van der Waals surface area contributed by atoms with E-state index in [1.54, 1.807) is 14.2 Å². The second-order valence-electron chi connectivity index (χ2n) is 6.14. The Labute approximate surface area is 156 Å². The zero-order valence-corrected chi connectivity index (χ0v) is 15.3. The van der Waals surface area contributed by atoms with Gasteiger partial charge in [0.1, 0.15) is 12.3 Å². The Hall–Kier alpha value is -3.35. The predicted molar refractivity (Wildman–Crippen MR) is 99.5 cm³/mol. The van der Waals surface area contributed by atoms with E-state index in [9.17, 15) is 9.59 Å². The summed E-state index contributed by atoms with van der Waals surface area (Å²) in [6.45, 7) is 0.190. The van der Waals surface area contributed by atoms with E-state index in [0.717, 1.165) is 15.8 Å². The number of carbonyl (C=O) groups excluding carboxylic acids is 1. The van der Waals surface area contributed by atoms with Gasteiger partial charge in [-0.05, 0) is 11.6 Å². The Morgan fingerprint density at radius 2 is 1.85 bits per heavy atom. The number of likely N-dealkylation sites (N-methyl/N-ethyl adjacent to an activating group) is 1. The standard InChI is InChI=1S/C20H21N3O4/c1-22(13-16-10-6-7-11-17(16)26-2)19(24)14-23-20(25)27-18(21-23)12-15-8-4-3-5-9-15/h3-11H,12-14H2,1-2H3. The predicted octanol–water partition coefficient (Wildman–Crippen LogP) is 2.09. The van der Waals surface area contributed by atoms with Crippen LogP contribution in [0.1, 0.15) is 17.0 Å². The molecular formula is C20H21N3O4. The Balaban J connectivity index is 1.66. The average Bonchev–Trinajstić information content (AvgIpc) is 3.01. The van der Waals surface area contributed by atoms with E-state index in [1.165, 1.54) is 4.90 Å². The van der Waals surface area contributed by atoms with Gasteiger partial charge in [0.2, 0.25) is 11.8 Å². The number of ether oxygens (including phenoxy) is 1. The highest BCUT2D eigenvalue weighted by Gasteiger charge is 2.16. The highest BCUT2D eigenvalue weighted by atomic mass is 16.5. The number of para-hydroxylation sites is 1. The van der Waals surface area contributed by atoms with Crippen molar-refractivity contribution in [3.05, 3.63) is 82.2 Å². The van der Waals surface area contributed by atoms with E-state index in [-0.39, 0.29) is 18.3 Å². The number of aromatic nitrogens is 2. The normalized spacial score (nSPS) is 10.6. The van der Waals surface area contributed by atoms with Crippen molar-refractivity contribution in [3.8, 4) is 5.75 Å². The largest absolute Gasteiger partial charge is 0.496 e. The van der Waals surface area contributed by atoms with Crippen molar-refractivity contribution in [1.82, 2.24) is 14.7 Å². The molecule has 0 radical (unpaired) electrons. The first-order chi connectivity index (χ1) is 13.1. The van der Waals surface area contributed by atoms with Crippen molar-refractivity contribution in [2.24, 2.45) is 0 Å². The van der Waals surface area contributed by atoms with Gasteiger partial charge in [-0.3, -0.25) is 4.79 Å². The van der Waals surface area contributed by atoms with Crippen LogP contribution in [0.5, 0.6) is 5.75 Å². The number of hydrogen-bond donors (Lipinski definition) is 0. The van der Waals surface area contributed by atoms with E-state index in [4.69, 9.17) is 9.15 Å². The van der Waals surface area contributed by atoms with Crippen molar-refractivity contribution in [2.45, 2.75) is 19.5 Å². The van der Waals surface area contributed by atoms with Crippen LogP contribution in [-0.4, -0.2) is 34.7 Å². The average molecular weight is 367 g/mol. The van der Waals surface area contributed by atoms with Gasteiger partial charge in [0.15, 0.2) is 0 Å². The first kappa shape index (κ1) is 18.4. The number of carbonyl (C=O) groups is 1. The van der Waals surface area contributed by atoms with E-state index in [0.29, 0.717) is 18.7 Å². The minimum absolute atomic E-state index is 0.178. The van der Waals surface area contributed by atoms with Gasteiger partial charge in [-0.25, -0.2) is 4.79 Å². The smallest absolute Gasteiger partial charge is 0.437 e. The number of hydrogen-bond acceptors (Lipinski definition) is 5. The lowest BCUT2D eigenvalue weighted by Gasteiger charge is -2.18. The van der Waals surface area contributed by atoms with E-state index in [2.05, 4.69) is 5.10 Å². The topological polar surface area (TPSA) is 77.6 Å². The van der Waals surface area contributed by atoms with Crippen LogP contribution in [0.15, 0.2) is 63.8 Å². The van der Waals surface area contributed by atoms with E-state index >= 15 is 0 Å². The molecule has 140 valence electrons. The Morgan fingerprint density at radius 1 is 1.15 bits per heavy atom. The molecule has 0 bridgehead atoms. The quantitative estimate of drug-likeness (QED) is 0.639. The summed E-state index contributed by atoms with van der Waals surface area (Å²) in [5.41, 5.74) is 1.86. The van der Waals surface area contributed by atoms with E-state index < -0.39 is 5.76 Å². The molecule has 0 saturated heterocycles. The van der Waals surface area contributed by atoms with Gasteiger partial charge in [-0.2, -0.15) is 4.68 Å². The van der Waals surface area contributed by atoms with Gasteiger partial charge in [0.05, 0.1) is 13.5 Å². The van der Waals surface area contributed by atoms with Crippen LogP contribution in [0.2, 0.25) is 0 Å². The number of benzene rings is 2. The fourth-order valence-corrected chi connectivity index (χ4v) is 2.72. The second-order valence-corrected chi connectivity index (χ2v) is 6.14. The lowest BCUT2D eigenvalue weighted by molar-refractivity contribution is -0.131. The van der Waals surface area contributed by atoms with Gasteiger partial charge in [0, 0.05) is 19.2 Å². The van der Waals surface area contributed by atoms with Crippen molar-refractivity contribution in [2.75, 3.05) is 14.2 Å². The van der Waals surface area contributed by atoms with Crippen molar-refractivity contribution < 1.29 is 13.9 Å². The monoisotopic (exact) mass is 367 g/mol. The lowest BCUT2D eigenvalue weighted by Crippen LogP contribution is -2.33. The molecule has 0 fully saturated rings. The SMILES string of the molecule is COc1ccccc1CN(C)C(=O)Cn1nc(Cc2ccccc2)oc1=O. The Morgan fingerprint density at radius 3 is 2.59 bits per heavy atom. The minimum atomic E-state index is -0.639. The summed E-state index contributed by atoms with van der Waals surface area (Å²) in [6, 6.07) is 17.0. The number of methoxy groups -OCH3 is 1. The molecule has 0 aliphatic heterocycles. The molecule has 0 aliphatic carbocycles. The maximum atomic E-state index is 12.5. The van der Waals surface area contributed by atoms with Crippen LogP contribution >= 0.6 is 0 Å². The van der Waals surface area contributed by atoms with Crippen molar-refractivity contribution in [1.29, 1.82) is 0 Å². The van der Waals surface area contributed by atoms with Crippen molar-refractivity contribution in [3.63, 3.8) is 0 Å². The molecule has 2 aromatic carbocycles. The molecule has 0 atom stereocenters. The maximum absolute atomic E-state index is 12.5. The van der Waals surface area contributed by atoms with Crippen LogP contribution in [0, 0.1) is 0 Å². The first-order valence-corrected chi connectivity index (χ1v) is 8.53. The number of amides is 1. The highest BCUT2D eigenvalue weighted by Crippen LogP contribution is 2.18. The molecule has 7 nitrogen and oxygen atoms in total. The van der Waals surface area contributed by atoms with E-state index in [1.807, 2.05) is 54.6 Å². The molecule has 1 heterocycles. The summed E-state index contributed by atoms with van der Waals surface area (Å²) in [5, 5.41) is 4.13. The summed E-state index contributed by atoms with van der Waals surface area (Å²) in [4.78, 5) is 26.0. The third kappa shape index (κ3) is 4.63. The number of nitrogens with zero attached hydrogens (tertiary/aromatic N) is 3. The van der Waals surface area contributed by atoms with Crippen LogP contribution in [-0.2, 0) is 24.3 Å². The molecule has 0 N–H and O–H groups in total. The molecule has 0 unspecified atom stereocenters. The molecule has 27 heavy (non-hydrogen) atoms. The second kappa shape index (κ2) is 8.35. The summed E-state index contributed by atoms with van der Waals surface area (Å²) < 4.78 is 11.5. The minimum Gasteiger partial charge on any atom is -0.496 e. The molecular weight excluding hydrogens is 346 g/mol. The van der Waals surface area contributed by atoms with Gasteiger partial charge in [0.25, 0.3) is 0 Å². The zero-order chi connectivity index (χ0) is 19.2. The van der Waals surface area contributed by atoms with Crippen LogP contribution in [0.4, 0.5) is 0 Å². The van der Waals surface area contributed by atoms with Crippen LogP contribution in [0.3, 0.4) is 0 Å². The van der Waals surface area contributed by atoms with Crippen molar-refractivity contribution >= 4 is 5.91 Å². The molecule has 0 spiro atoms. The molecule has 0 aliphatic rings. The lowest BCUT2D eigenvalue weighted by atomic mass is 10.2.